The van der Waals surface area contributed by atoms with Gasteiger partial charge in [-0.25, -0.2) is 4.98 Å². The smallest absolute Gasteiger partial charge is 0.238 e. The maximum Gasteiger partial charge on any atom is 0.238 e. The lowest BCUT2D eigenvalue weighted by molar-refractivity contribution is -0.128. The molecular formula is C20H26ClN3O2. The molecule has 6 heteroatoms. The van der Waals surface area contributed by atoms with Gasteiger partial charge in [0, 0.05) is 43.2 Å². The molecule has 1 amide bonds. The molecule has 1 aliphatic rings. The number of pyridine rings is 1. The van der Waals surface area contributed by atoms with Crippen molar-refractivity contribution in [2.24, 2.45) is 0 Å². The Kier molecular flexibility index (Phi) is 6.93. The number of rotatable bonds is 7. The van der Waals surface area contributed by atoms with Gasteiger partial charge in [-0.15, -0.1) is 24.8 Å². The van der Waals surface area contributed by atoms with Crippen LogP contribution in [-0.2, 0) is 11.3 Å². The van der Waals surface area contributed by atoms with Crippen LogP contribution in [0.1, 0.15) is 36.9 Å². The minimum atomic E-state index is 0. The number of likely N-dealkylation sites (tertiary alicyclic amines) is 1. The van der Waals surface area contributed by atoms with Gasteiger partial charge in [0.15, 0.2) is 0 Å². The number of nitrogens with zero attached hydrogens (tertiary/aromatic N) is 3. The summed E-state index contributed by atoms with van der Waals surface area (Å²) in [6.07, 6.45) is 10.5. The van der Waals surface area contributed by atoms with E-state index in [9.17, 15) is 4.79 Å². The summed E-state index contributed by atoms with van der Waals surface area (Å²) in [4.78, 5) is 18.0. The number of amides is 1. The normalized spacial score (nSPS) is 13.7. The van der Waals surface area contributed by atoms with Gasteiger partial charge in [0.1, 0.15) is 12.1 Å². The van der Waals surface area contributed by atoms with Gasteiger partial charge < -0.3 is 14.2 Å². The Balaban J connectivity index is 0.00000243. The van der Waals surface area contributed by atoms with E-state index in [1.807, 2.05) is 11.0 Å². The summed E-state index contributed by atoms with van der Waals surface area (Å²) in [5.74, 6) is 3.56. The van der Waals surface area contributed by atoms with E-state index in [0.717, 1.165) is 37.9 Å². The molecule has 0 unspecified atom stereocenters. The van der Waals surface area contributed by atoms with Crippen LogP contribution in [0.25, 0.3) is 10.9 Å². The van der Waals surface area contributed by atoms with E-state index in [2.05, 4.69) is 29.3 Å². The number of unbranched alkanes of at least 4 members (excludes halogenated alkanes) is 1. The maximum absolute atomic E-state index is 11.7. The average Bonchev–Trinajstić information content (AvgIpc) is 3.12. The molecule has 140 valence electrons. The summed E-state index contributed by atoms with van der Waals surface area (Å²) in [5.41, 5.74) is 3.50. The zero-order valence-corrected chi connectivity index (χ0v) is 16.3. The Morgan fingerprint density at radius 1 is 1.35 bits per heavy atom. The zero-order valence-electron chi connectivity index (χ0n) is 15.5. The van der Waals surface area contributed by atoms with Crippen molar-refractivity contribution in [1.29, 1.82) is 0 Å². The fourth-order valence-corrected chi connectivity index (χ4v) is 3.48. The van der Waals surface area contributed by atoms with Crippen molar-refractivity contribution in [2.45, 2.75) is 46.1 Å². The number of hydrogen-bond donors (Lipinski definition) is 0. The second-order valence-electron chi connectivity index (χ2n) is 6.51. The predicted molar refractivity (Wildman–Crippen MR) is 106 cm³/mol. The first-order valence-corrected chi connectivity index (χ1v) is 8.92. The lowest BCUT2D eigenvalue weighted by Gasteiger charge is -2.16. The first-order valence-electron chi connectivity index (χ1n) is 8.92. The van der Waals surface area contributed by atoms with Gasteiger partial charge in [0.2, 0.25) is 11.8 Å². The number of carbonyl (C=O) groups is 1. The molecule has 0 spiro atoms. The minimum absolute atomic E-state index is 0. The molecule has 5 nitrogen and oxygen atoms in total. The first kappa shape index (κ1) is 20.1. The Morgan fingerprint density at radius 2 is 2.15 bits per heavy atom. The number of fused-ring (bicyclic) bond motifs is 1. The Bertz CT molecular complexity index is 823. The molecule has 2 aromatic rings. The van der Waals surface area contributed by atoms with Gasteiger partial charge in [-0.05, 0) is 38.3 Å². The molecule has 0 N–H and O–H groups in total. The second kappa shape index (κ2) is 8.95. The molecule has 26 heavy (non-hydrogen) atoms. The van der Waals surface area contributed by atoms with Gasteiger partial charge in [0.05, 0.1) is 6.54 Å². The number of terminal acetylenes is 1. The van der Waals surface area contributed by atoms with Crippen LogP contribution in [0.4, 0.5) is 0 Å². The van der Waals surface area contributed by atoms with Crippen molar-refractivity contribution in [3.63, 3.8) is 0 Å². The quantitative estimate of drug-likeness (QED) is 0.549. The topological polar surface area (TPSA) is 47.4 Å². The molecular weight excluding hydrogens is 350 g/mol. The van der Waals surface area contributed by atoms with Crippen LogP contribution >= 0.6 is 12.4 Å². The number of carbonyl (C=O) groups excluding carboxylic acids is 1. The van der Waals surface area contributed by atoms with E-state index in [1.165, 1.54) is 16.6 Å². The second-order valence-corrected chi connectivity index (χ2v) is 6.51. The number of aryl methyl sites for hydroxylation is 2. The Hall–Kier alpha value is -2.19. The van der Waals surface area contributed by atoms with Crippen LogP contribution in [-0.4, -0.2) is 40.1 Å². The average molecular weight is 376 g/mol. The van der Waals surface area contributed by atoms with Gasteiger partial charge >= 0.3 is 0 Å². The molecule has 1 fully saturated rings. The summed E-state index contributed by atoms with van der Waals surface area (Å²) in [6.45, 7) is 7.02. The SMILES string of the molecule is C#CCCCn1c(C)c(C)c2ccnc(OCCN3CCCC3=O)c21.Cl. The summed E-state index contributed by atoms with van der Waals surface area (Å²) in [6, 6.07) is 2.03. The van der Waals surface area contributed by atoms with E-state index < -0.39 is 0 Å². The van der Waals surface area contributed by atoms with Crippen LogP contribution in [0, 0.1) is 26.2 Å². The predicted octanol–water partition coefficient (Wildman–Crippen LogP) is 3.49. The third-order valence-electron chi connectivity index (χ3n) is 4.99. The maximum atomic E-state index is 11.7. The Labute approximate surface area is 161 Å². The summed E-state index contributed by atoms with van der Waals surface area (Å²) in [7, 11) is 0. The van der Waals surface area contributed by atoms with E-state index in [0.29, 0.717) is 25.5 Å². The fourth-order valence-electron chi connectivity index (χ4n) is 3.48. The van der Waals surface area contributed by atoms with Crippen molar-refractivity contribution in [3.8, 4) is 18.2 Å². The minimum Gasteiger partial charge on any atom is -0.474 e. The van der Waals surface area contributed by atoms with Gasteiger partial charge in [-0.2, -0.15) is 0 Å². The molecule has 0 saturated carbocycles. The fraction of sp³-hybridized carbons (Fsp3) is 0.500. The lowest BCUT2D eigenvalue weighted by atomic mass is 10.2. The van der Waals surface area contributed by atoms with Crippen LogP contribution in [0.5, 0.6) is 5.88 Å². The summed E-state index contributed by atoms with van der Waals surface area (Å²) >= 11 is 0. The number of aromatic nitrogens is 2. The lowest BCUT2D eigenvalue weighted by Crippen LogP contribution is -2.29. The number of halogens is 1. The highest BCUT2D eigenvalue weighted by atomic mass is 35.5. The van der Waals surface area contributed by atoms with Crippen LogP contribution in [0.3, 0.4) is 0 Å². The Morgan fingerprint density at radius 3 is 2.85 bits per heavy atom. The molecule has 0 aliphatic carbocycles. The van der Waals surface area contributed by atoms with Crippen molar-refractivity contribution in [1.82, 2.24) is 14.5 Å². The third-order valence-corrected chi connectivity index (χ3v) is 4.99. The van der Waals surface area contributed by atoms with E-state index in [1.54, 1.807) is 6.20 Å². The van der Waals surface area contributed by atoms with Crippen molar-refractivity contribution < 1.29 is 9.53 Å². The van der Waals surface area contributed by atoms with E-state index in [-0.39, 0.29) is 18.3 Å². The van der Waals surface area contributed by atoms with Crippen molar-refractivity contribution >= 4 is 29.2 Å². The summed E-state index contributed by atoms with van der Waals surface area (Å²) < 4.78 is 8.23. The van der Waals surface area contributed by atoms with E-state index in [4.69, 9.17) is 11.2 Å². The monoisotopic (exact) mass is 375 g/mol. The van der Waals surface area contributed by atoms with E-state index >= 15 is 0 Å². The molecule has 1 saturated heterocycles. The van der Waals surface area contributed by atoms with Crippen molar-refractivity contribution in [3.05, 3.63) is 23.5 Å². The van der Waals surface area contributed by atoms with Crippen molar-refractivity contribution in [2.75, 3.05) is 19.7 Å². The highest BCUT2D eigenvalue weighted by Gasteiger charge is 2.20. The molecule has 0 radical (unpaired) electrons. The van der Waals surface area contributed by atoms with Crippen LogP contribution in [0.2, 0.25) is 0 Å². The molecule has 0 bridgehead atoms. The van der Waals surface area contributed by atoms with Crippen LogP contribution < -0.4 is 4.74 Å². The zero-order chi connectivity index (χ0) is 17.8. The largest absolute Gasteiger partial charge is 0.474 e. The van der Waals surface area contributed by atoms with Gasteiger partial charge in [0.25, 0.3) is 0 Å². The molecule has 3 rings (SSSR count). The molecule has 1 aliphatic heterocycles. The first-order chi connectivity index (χ1) is 12.1. The van der Waals surface area contributed by atoms with Crippen LogP contribution in [0.15, 0.2) is 12.3 Å². The molecule has 2 aromatic heterocycles. The molecule has 0 aromatic carbocycles. The highest BCUT2D eigenvalue weighted by molar-refractivity contribution is 5.88. The molecule has 3 heterocycles. The highest BCUT2D eigenvalue weighted by Crippen LogP contribution is 2.31. The third kappa shape index (κ3) is 3.96. The number of ether oxygens (including phenoxy) is 1. The standard InChI is InChI=1S/C20H25N3O2.ClH/c1-4-5-6-12-23-16(3)15(2)17-9-10-21-20(19(17)23)25-14-13-22-11-7-8-18(22)24;/h1,9-10H,5-8,11-14H2,2-3H3;1H. The van der Waals surface area contributed by atoms with Gasteiger partial charge in [-0.3, -0.25) is 4.79 Å². The summed E-state index contributed by atoms with van der Waals surface area (Å²) in [5, 5.41) is 1.17. The van der Waals surface area contributed by atoms with Gasteiger partial charge in [-0.1, -0.05) is 0 Å². The number of hydrogen-bond acceptors (Lipinski definition) is 3. The molecule has 0 atom stereocenters.